The Bertz CT molecular complexity index is 751. The fourth-order valence-electron chi connectivity index (χ4n) is 3.31. The van der Waals surface area contributed by atoms with Crippen LogP contribution in [0, 0.1) is 11.8 Å². The average molecular weight is 391 g/mol. The number of hydrogen-bond donors (Lipinski definition) is 2. The molecule has 2 N–H and O–H groups in total. The number of halogens is 1. The summed E-state index contributed by atoms with van der Waals surface area (Å²) in [6.07, 6.45) is 15.0. The Kier molecular flexibility index (Phi) is 5.99. The number of rotatable bonds is 4. The Morgan fingerprint density at radius 2 is 2.19 bits per heavy atom. The molecule has 4 atom stereocenters. The summed E-state index contributed by atoms with van der Waals surface area (Å²) in [6.45, 7) is 4.19. The minimum atomic E-state index is -0.373. The molecule has 26 heavy (non-hydrogen) atoms. The van der Waals surface area contributed by atoms with E-state index in [1.54, 1.807) is 6.92 Å². The van der Waals surface area contributed by atoms with E-state index in [0.29, 0.717) is 17.3 Å². The lowest BCUT2D eigenvalue weighted by atomic mass is 9.85. The Hall–Kier alpha value is -1.85. The molecule has 0 radical (unpaired) electrons. The van der Waals surface area contributed by atoms with Crippen molar-refractivity contribution in [1.82, 2.24) is 10.6 Å². The van der Waals surface area contributed by atoms with Gasteiger partial charge in [-0.2, -0.15) is 0 Å². The largest absolute Gasteiger partial charge is 0.463 e. The maximum absolute atomic E-state index is 12.8. The SMILES string of the molecule is CCOC(=O)C1=C(C2C=CC=CC2)NC(=S)NC1C1=CC(Cl)C(C)C=C1. The third kappa shape index (κ3) is 3.94. The molecule has 0 amide bonds. The van der Waals surface area contributed by atoms with Crippen LogP contribution in [-0.4, -0.2) is 29.1 Å². The number of alkyl halides is 1. The first-order valence-electron chi connectivity index (χ1n) is 8.87. The van der Waals surface area contributed by atoms with Crippen molar-refractivity contribution < 1.29 is 9.53 Å². The molecule has 0 saturated heterocycles. The summed E-state index contributed by atoms with van der Waals surface area (Å²) in [7, 11) is 0. The van der Waals surface area contributed by atoms with Gasteiger partial charge in [0.1, 0.15) is 0 Å². The molecule has 0 aromatic carbocycles. The summed E-state index contributed by atoms with van der Waals surface area (Å²) in [4.78, 5) is 12.8. The van der Waals surface area contributed by atoms with E-state index in [1.807, 2.05) is 24.3 Å². The molecule has 1 heterocycles. The molecule has 6 heteroatoms. The predicted octanol–water partition coefficient (Wildman–Crippen LogP) is 3.52. The first kappa shape index (κ1) is 18.9. The first-order chi connectivity index (χ1) is 12.5. The van der Waals surface area contributed by atoms with Crippen LogP contribution in [0.15, 0.2) is 59.4 Å². The zero-order valence-electron chi connectivity index (χ0n) is 14.9. The number of ether oxygens (including phenoxy) is 1. The Labute approximate surface area is 164 Å². The zero-order chi connectivity index (χ0) is 18.7. The van der Waals surface area contributed by atoms with E-state index in [-0.39, 0.29) is 29.2 Å². The lowest BCUT2D eigenvalue weighted by molar-refractivity contribution is -0.138. The van der Waals surface area contributed by atoms with E-state index < -0.39 is 0 Å². The van der Waals surface area contributed by atoms with Gasteiger partial charge < -0.3 is 15.4 Å². The molecule has 0 bridgehead atoms. The number of carbonyl (C=O) groups is 1. The molecule has 0 aromatic rings. The lowest BCUT2D eigenvalue weighted by Crippen LogP contribution is -2.52. The number of thiocarbonyl (C=S) groups is 1. The smallest absolute Gasteiger partial charge is 0.338 e. The Balaban J connectivity index is 2.06. The standard InChI is InChI=1S/C20H23ClN2O2S/c1-3-25-19(24)16-17(13-7-5-4-6-8-13)22-20(26)23-18(16)14-10-9-12(2)15(21)11-14/h4-7,9-13,15,18H,3,8H2,1-2H3,(H2,22,23,26). The fourth-order valence-corrected chi connectivity index (χ4v) is 3.77. The van der Waals surface area contributed by atoms with Crippen molar-refractivity contribution in [1.29, 1.82) is 0 Å². The first-order valence-corrected chi connectivity index (χ1v) is 9.71. The zero-order valence-corrected chi connectivity index (χ0v) is 16.4. The van der Waals surface area contributed by atoms with Crippen molar-refractivity contribution in [3.05, 3.63) is 59.4 Å². The minimum Gasteiger partial charge on any atom is -0.463 e. The summed E-state index contributed by atoms with van der Waals surface area (Å²) in [5, 5.41) is 6.79. The van der Waals surface area contributed by atoms with Gasteiger partial charge in [0.05, 0.1) is 23.6 Å². The number of allylic oxidation sites excluding steroid dienone is 6. The van der Waals surface area contributed by atoms with Crippen molar-refractivity contribution in [3.8, 4) is 0 Å². The molecular weight excluding hydrogens is 368 g/mol. The van der Waals surface area contributed by atoms with Gasteiger partial charge in [0, 0.05) is 11.6 Å². The summed E-state index contributed by atoms with van der Waals surface area (Å²) in [5.74, 6) is -0.0344. The van der Waals surface area contributed by atoms with E-state index in [0.717, 1.165) is 17.7 Å². The second-order valence-corrected chi connectivity index (χ2v) is 7.48. The topological polar surface area (TPSA) is 50.4 Å². The lowest BCUT2D eigenvalue weighted by Gasteiger charge is -2.35. The molecule has 3 rings (SSSR count). The van der Waals surface area contributed by atoms with Gasteiger partial charge in [-0.3, -0.25) is 0 Å². The molecule has 0 fully saturated rings. The fraction of sp³-hybridized carbons (Fsp3) is 0.400. The molecule has 1 aliphatic heterocycles. The second kappa shape index (κ2) is 8.23. The van der Waals surface area contributed by atoms with Gasteiger partial charge >= 0.3 is 5.97 Å². The molecule has 138 valence electrons. The van der Waals surface area contributed by atoms with E-state index in [4.69, 9.17) is 28.6 Å². The highest BCUT2D eigenvalue weighted by Crippen LogP contribution is 2.32. The van der Waals surface area contributed by atoms with E-state index in [9.17, 15) is 4.79 Å². The maximum atomic E-state index is 12.8. The van der Waals surface area contributed by atoms with Gasteiger partial charge in [-0.1, -0.05) is 49.5 Å². The number of carbonyl (C=O) groups excluding carboxylic acids is 1. The van der Waals surface area contributed by atoms with Crippen molar-refractivity contribution >= 4 is 34.9 Å². The summed E-state index contributed by atoms with van der Waals surface area (Å²) in [6, 6.07) is -0.373. The summed E-state index contributed by atoms with van der Waals surface area (Å²) >= 11 is 11.9. The normalized spacial score (nSPS) is 30.6. The highest BCUT2D eigenvalue weighted by atomic mass is 35.5. The molecule has 4 nitrogen and oxygen atoms in total. The Morgan fingerprint density at radius 1 is 1.38 bits per heavy atom. The maximum Gasteiger partial charge on any atom is 0.338 e. The second-order valence-electron chi connectivity index (χ2n) is 6.56. The van der Waals surface area contributed by atoms with Gasteiger partial charge in [-0.25, -0.2) is 4.79 Å². The highest BCUT2D eigenvalue weighted by molar-refractivity contribution is 7.80. The van der Waals surface area contributed by atoms with E-state index in [2.05, 4.69) is 35.8 Å². The summed E-state index contributed by atoms with van der Waals surface area (Å²) < 4.78 is 5.36. The van der Waals surface area contributed by atoms with Crippen LogP contribution in [0.2, 0.25) is 0 Å². The van der Waals surface area contributed by atoms with Crippen LogP contribution in [0.4, 0.5) is 0 Å². The number of hydrogen-bond acceptors (Lipinski definition) is 3. The van der Waals surface area contributed by atoms with Crippen molar-refractivity contribution in [2.75, 3.05) is 6.61 Å². The van der Waals surface area contributed by atoms with Gasteiger partial charge in [-0.15, -0.1) is 11.6 Å². The quantitative estimate of drug-likeness (QED) is 0.437. The Morgan fingerprint density at radius 3 is 2.85 bits per heavy atom. The third-order valence-corrected chi connectivity index (χ3v) is 5.47. The van der Waals surface area contributed by atoms with Gasteiger partial charge in [0.25, 0.3) is 0 Å². The van der Waals surface area contributed by atoms with Crippen LogP contribution < -0.4 is 10.6 Å². The van der Waals surface area contributed by atoms with E-state index >= 15 is 0 Å². The van der Waals surface area contributed by atoms with Crippen molar-refractivity contribution in [3.63, 3.8) is 0 Å². The van der Waals surface area contributed by atoms with Crippen LogP contribution in [0.3, 0.4) is 0 Å². The summed E-state index contributed by atoms with van der Waals surface area (Å²) in [5.41, 5.74) is 2.30. The van der Waals surface area contributed by atoms with Crippen LogP contribution in [0.25, 0.3) is 0 Å². The highest BCUT2D eigenvalue weighted by Gasteiger charge is 2.36. The van der Waals surface area contributed by atoms with E-state index in [1.165, 1.54) is 0 Å². The number of nitrogens with one attached hydrogen (secondary N) is 2. The molecular formula is C20H23ClN2O2S. The van der Waals surface area contributed by atoms with Crippen LogP contribution >= 0.6 is 23.8 Å². The third-order valence-electron chi connectivity index (χ3n) is 4.73. The molecule has 4 unspecified atom stereocenters. The predicted molar refractivity (Wildman–Crippen MR) is 109 cm³/mol. The van der Waals surface area contributed by atoms with Crippen LogP contribution in [0.5, 0.6) is 0 Å². The van der Waals surface area contributed by atoms with Crippen molar-refractivity contribution in [2.45, 2.75) is 31.7 Å². The van der Waals surface area contributed by atoms with Crippen molar-refractivity contribution in [2.24, 2.45) is 11.8 Å². The average Bonchev–Trinajstić information content (AvgIpc) is 2.64. The minimum absolute atomic E-state index is 0.0563. The molecule has 0 saturated carbocycles. The molecule has 0 spiro atoms. The molecule has 2 aliphatic carbocycles. The number of esters is 1. The van der Waals surface area contributed by atoms with Gasteiger partial charge in [0.2, 0.25) is 0 Å². The molecule has 3 aliphatic rings. The van der Waals surface area contributed by atoms with Gasteiger partial charge in [0.15, 0.2) is 5.11 Å². The van der Waals surface area contributed by atoms with Crippen LogP contribution in [0.1, 0.15) is 20.3 Å². The van der Waals surface area contributed by atoms with Gasteiger partial charge in [-0.05, 0) is 37.1 Å². The monoisotopic (exact) mass is 390 g/mol. The molecule has 0 aromatic heterocycles. The van der Waals surface area contributed by atoms with Crippen LogP contribution in [-0.2, 0) is 9.53 Å².